The van der Waals surface area contributed by atoms with Crippen molar-refractivity contribution < 1.29 is 4.74 Å². The van der Waals surface area contributed by atoms with Gasteiger partial charge in [-0.05, 0) is 31.8 Å². The lowest BCUT2D eigenvalue weighted by molar-refractivity contribution is -0.0161. The zero-order valence-electron chi connectivity index (χ0n) is 17.0. The van der Waals surface area contributed by atoms with Gasteiger partial charge in [0.2, 0.25) is 0 Å². The Morgan fingerprint density at radius 1 is 1.33 bits per heavy atom. The lowest BCUT2D eigenvalue weighted by Gasteiger charge is -2.32. The molecule has 0 aliphatic carbocycles. The number of nitrogens with one attached hydrogen (secondary N) is 2. The predicted molar refractivity (Wildman–Crippen MR) is 114 cm³/mol. The van der Waals surface area contributed by atoms with Crippen molar-refractivity contribution in [2.45, 2.75) is 26.0 Å². The maximum Gasteiger partial charge on any atom is 0.191 e. The molecule has 6 nitrogen and oxygen atoms in total. The highest BCUT2D eigenvalue weighted by Gasteiger charge is 2.21. The Balaban J connectivity index is 1.96. The number of nitrogens with zero attached hydrogens (tertiary/aromatic N) is 3. The van der Waals surface area contributed by atoms with E-state index in [1.54, 1.807) is 7.05 Å². The molecule has 1 aliphatic rings. The number of ether oxygens (including phenoxy) is 1. The molecular formula is C20H34ClN5O. The Morgan fingerprint density at radius 3 is 2.70 bits per heavy atom. The van der Waals surface area contributed by atoms with E-state index >= 15 is 0 Å². The predicted octanol–water partition coefficient (Wildman–Crippen LogP) is 2.22. The number of hydrogen-bond donors (Lipinski definition) is 2. The van der Waals surface area contributed by atoms with Gasteiger partial charge in [-0.25, -0.2) is 0 Å². The minimum absolute atomic E-state index is 0.185. The van der Waals surface area contributed by atoms with Crippen LogP contribution in [0.2, 0.25) is 5.02 Å². The molecule has 1 saturated heterocycles. The Hall–Kier alpha value is -1.34. The number of morpholine rings is 1. The van der Waals surface area contributed by atoms with Crippen molar-refractivity contribution in [2.75, 3.05) is 60.0 Å². The number of benzene rings is 1. The van der Waals surface area contributed by atoms with Gasteiger partial charge >= 0.3 is 0 Å². The second-order valence-corrected chi connectivity index (χ2v) is 7.25. The highest BCUT2D eigenvalue weighted by Crippen LogP contribution is 2.26. The third kappa shape index (κ3) is 6.64. The Kier molecular flexibility index (Phi) is 9.34. The number of likely N-dealkylation sites (N-methyl/N-ethyl adjacent to an activating group) is 2. The Morgan fingerprint density at radius 2 is 2.07 bits per heavy atom. The molecule has 27 heavy (non-hydrogen) atoms. The van der Waals surface area contributed by atoms with Crippen molar-refractivity contribution in [1.29, 1.82) is 0 Å². The average Bonchev–Trinajstić information content (AvgIpc) is 2.68. The van der Waals surface area contributed by atoms with Crippen LogP contribution in [0.15, 0.2) is 29.3 Å². The fourth-order valence-corrected chi connectivity index (χ4v) is 3.72. The zero-order valence-corrected chi connectivity index (χ0v) is 17.8. The fourth-order valence-electron chi connectivity index (χ4n) is 3.46. The number of guanidine groups is 1. The molecule has 1 heterocycles. The smallest absolute Gasteiger partial charge is 0.191 e. The quantitative estimate of drug-likeness (QED) is 0.522. The maximum atomic E-state index is 6.48. The van der Waals surface area contributed by atoms with Crippen LogP contribution in [0.1, 0.15) is 25.5 Å². The molecule has 0 saturated carbocycles. The summed E-state index contributed by atoms with van der Waals surface area (Å²) in [5, 5.41) is 7.66. The first kappa shape index (κ1) is 22.0. The largest absolute Gasteiger partial charge is 0.374 e. The highest BCUT2D eigenvalue weighted by atomic mass is 35.5. The van der Waals surface area contributed by atoms with Crippen molar-refractivity contribution in [2.24, 2.45) is 4.99 Å². The molecule has 1 aromatic carbocycles. The van der Waals surface area contributed by atoms with Gasteiger partial charge in [0.25, 0.3) is 0 Å². The van der Waals surface area contributed by atoms with Crippen LogP contribution < -0.4 is 10.6 Å². The van der Waals surface area contributed by atoms with Crippen LogP contribution in [0.4, 0.5) is 0 Å². The molecule has 152 valence electrons. The monoisotopic (exact) mass is 395 g/mol. The summed E-state index contributed by atoms with van der Waals surface area (Å²) in [6.07, 6.45) is 0.185. The summed E-state index contributed by atoms with van der Waals surface area (Å²) in [5.74, 6) is 0.788. The minimum atomic E-state index is 0.185. The van der Waals surface area contributed by atoms with Gasteiger partial charge in [-0.2, -0.15) is 0 Å². The molecule has 0 bridgehead atoms. The molecule has 2 unspecified atom stereocenters. The van der Waals surface area contributed by atoms with Crippen LogP contribution in [0.5, 0.6) is 0 Å². The van der Waals surface area contributed by atoms with E-state index in [2.05, 4.69) is 52.4 Å². The van der Waals surface area contributed by atoms with Gasteiger partial charge in [-0.3, -0.25) is 9.89 Å². The second-order valence-electron chi connectivity index (χ2n) is 6.85. The molecular weight excluding hydrogens is 362 g/mol. The highest BCUT2D eigenvalue weighted by molar-refractivity contribution is 6.31. The second kappa shape index (κ2) is 11.5. The van der Waals surface area contributed by atoms with Gasteiger partial charge < -0.3 is 20.3 Å². The van der Waals surface area contributed by atoms with Crippen LogP contribution >= 0.6 is 11.6 Å². The molecule has 7 heteroatoms. The SMILES string of the molecule is CCN(CC)C(CNC(=NC)NCC1CN(C)CCO1)c1ccccc1Cl. The van der Waals surface area contributed by atoms with Gasteiger partial charge in [0.1, 0.15) is 0 Å². The van der Waals surface area contributed by atoms with Gasteiger partial charge in [0, 0.05) is 38.2 Å². The van der Waals surface area contributed by atoms with Crippen molar-refractivity contribution in [3.63, 3.8) is 0 Å². The summed E-state index contributed by atoms with van der Waals surface area (Å²) in [6, 6.07) is 8.26. The Labute approximate surface area is 168 Å². The number of hydrogen-bond acceptors (Lipinski definition) is 4. The van der Waals surface area contributed by atoms with E-state index in [0.29, 0.717) is 0 Å². The summed E-state index contributed by atoms with van der Waals surface area (Å²) in [5.41, 5.74) is 1.14. The van der Waals surface area contributed by atoms with Gasteiger partial charge in [0.05, 0.1) is 18.8 Å². The van der Waals surface area contributed by atoms with Crippen molar-refractivity contribution in [3.8, 4) is 0 Å². The molecule has 0 aromatic heterocycles. The maximum absolute atomic E-state index is 6.48. The molecule has 2 rings (SSSR count). The summed E-state index contributed by atoms with van der Waals surface area (Å²) in [4.78, 5) is 9.06. The van der Waals surface area contributed by atoms with Crippen molar-refractivity contribution in [3.05, 3.63) is 34.9 Å². The molecule has 0 amide bonds. The van der Waals surface area contributed by atoms with Gasteiger partial charge in [-0.1, -0.05) is 43.6 Å². The molecule has 2 N–H and O–H groups in total. The van der Waals surface area contributed by atoms with Crippen molar-refractivity contribution >= 4 is 17.6 Å². The van der Waals surface area contributed by atoms with E-state index in [0.717, 1.165) is 62.4 Å². The van der Waals surface area contributed by atoms with Crippen molar-refractivity contribution in [1.82, 2.24) is 20.4 Å². The average molecular weight is 396 g/mol. The van der Waals surface area contributed by atoms with E-state index in [1.807, 2.05) is 18.2 Å². The molecule has 0 radical (unpaired) electrons. The third-order valence-electron chi connectivity index (χ3n) is 5.04. The lowest BCUT2D eigenvalue weighted by Crippen LogP contribution is -2.49. The van der Waals surface area contributed by atoms with E-state index in [-0.39, 0.29) is 12.1 Å². The van der Waals surface area contributed by atoms with Crippen LogP contribution in [0.3, 0.4) is 0 Å². The number of halogens is 1. The number of rotatable bonds is 8. The molecule has 1 aromatic rings. The standard InChI is InChI=1S/C20H34ClN5O/c1-5-26(6-2)19(17-9-7-8-10-18(17)21)14-24-20(22-3)23-13-16-15-25(4)11-12-27-16/h7-10,16,19H,5-6,11-15H2,1-4H3,(H2,22,23,24). The zero-order chi connectivity index (χ0) is 19.6. The normalized spacial score (nSPS) is 19.9. The lowest BCUT2D eigenvalue weighted by atomic mass is 10.0. The van der Waals surface area contributed by atoms with Crippen LogP contribution in [0, 0.1) is 0 Å². The van der Waals surface area contributed by atoms with E-state index in [9.17, 15) is 0 Å². The van der Waals surface area contributed by atoms with E-state index in [1.165, 1.54) is 0 Å². The fraction of sp³-hybridized carbons (Fsp3) is 0.650. The molecule has 2 atom stereocenters. The van der Waals surface area contributed by atoms with Gasteiger partial charge in [0.15, 0.2) is 5.96 Å². The molecule has 1 fully saturated rings. The molecule has 0 spiro atoms. The van der Waals surface area contributed by atoms with Crippen LogP contribution in [0.25, 0.3) is 0 Å². The summed E-state index contributed by atoms with van der Waals surface area (Å²) in [6.45, 7) is 10.5. The van der Waals surface area contributed by atoms with Gasteiger partial charge in [-0.15, -0.1) is 0 Å². The summed E-state index contributed by atoms with van der Waals surface area (Å²) < 4.78 is 5.81. The first-order valence-corrected chi connectivity index (χ1v) is 10.2. The van der Waals surface area contributed by atoms with E-state index in [4.69, 9.17) is 16.3 Å². The topological polar surface area (TPSA) is 52.1 Å². The number of aliphatic imine (C=N–C) groups is 1. The Bertz CT molecular complexity index is 593. The third-order valence-corrected chi connectivity index (χ3v) is 5.39. The minimum Gasteiger partial charge on any atom is -0.374 e. The van der Waals surface area contributed by atoms with Crippen LogP contribution in [-0.2, 0) is 4.74 Å². The summed E-state index contributed by atoms with van der Waals surface area (Å²) in [7, 11) is 3.92. The first-order valence-electron chi connectivity index (χ1n) is 9.82. The summed E-state index contributed by atoms with van der Waals surface area (Å²) >= 11 is 6.48. The van der Waals surface area contributed by atoms with Crippen LogP contribution in [-0.4, -0.2) is 81.8 Å². The first-order chi connectivity index (χ1) is 13.1. The van der Waals surface area contributed by atoms with E-state index < -0.39 is 0 Å². The molecule has 1 aliphatic heterocycles.